The lowest BCUT2D eigenvalue weighted by atomic mass is 10.7. The van der Waals surface area contributed by atoms with Crippen LogP contribution >= 0.6 is 91.1 Å². The van der Waals surface area contributed by atoms with E-state index < -0.39 is 10.3 Å². The summed E-state index contributed by atoms with van der Waals surface area (Å²) in [6.45, 7) is 0. The Morgan fingerprint density at radius 2 is 0.800 bits per heavy atom. The van der Waals surface area contributed by atoms with Crippen molar-refractivity contribution >= 4 is 101 Å². The van der Waals surface area contributed by atoms with Crippen LogP contribution in [0.15, 0.2) is 0 Å². The molecule has 0 saturated heterocycles. The number of hydrogen-bond acceptors (Lipinski definition) is 0. The van der Waals surface area contributed by atoms with Crippen LogP contribution in [0.1, 0.15) is 0 Å². The largest absolute Gasteiger partial charge is 0.450 e. The van der Waals surface area contributed by atoms with Gasteiger partial charge >= 0.3 is 10.3 Å². The SMILES string of the molecule is Cl.ClB(Cl)Cl.Cl[Si](Cl)(Cl)Cl. The first kappa shape index (κ1) is 18.4. The molecule has 0 bridgehead atoms. The zero-order valence-electron chi connectivity index (χ0n) is 4.13. The molecule has 0 nitrogen and oxygen atoms in total. The summed E-state index contributed by atoms with van der Waals surface area (Å²) in [6, 6.07) is 0. The summed E-state index contributed by atoms with van der Waals surface area (Å²) < 4.78 is 0. The van der Waals surface area contributed by atoms with Gasteiger partial charge in [-0.15, -0.1) is 56.7 Å². The third-order valence-corrected chi connectivity index (χ3v) is 0. The van der Waals surface area contributed by atoms with Crippen LogP contribution in [0.4, 0.5) is 0 Å². The van der Waals surface area contributed by atoms with Crippen LogP contribution in [-0.4, -0.2) is 10.3 Å². The summed E-state index contributed by atoms with van der Waals surface area (Å²) in [5, 5.41) is -2.72. The molecule has 0 aromatic carbocycles. The fourth-order valence-corrected chi connectivity index (χ4v) is 0. The average Bonchev–Trinajstić information content (AvgIpc) is 1.19. The quantitative estimate of drug-likeness (QED) is 0.455. The van der Waals surface area contributed by atoms with Crippen molar-refractivity contribution in [2.24, 2.45) is 0 Å². The van der Waals surface area contributed by atoms with Crippen molar-refractivity contribution in [2.75, 3.05) is 0 Å². The highest BCUT2D eigenvalue weighted by Gasteiger charge is 2.19. The van der Waals surface area contributed by atoms with Gasteiger partial charge in [-0.25, -0.2) is 0 Å². The lowest BCUT2D eigenvalue weighted by Crippen LogP contribution is -1.91. The summed E-state index contributed by atoms with van der Waals surface area (Å²) in [6.07, 6.45) is 0. The second-order valence-electron chi connectivity index (χ2n) is 0.676. The molecule has 0 saturated carbocycles. The first-order valence-electron chi connectivity index (χ1n) is 1.41. The van der Waals surface area contributed by atoms with Crippen molar-refractivity contribution in [2.45, 2.75) is 0 Å². The second-order valence-corrected chi connectivity index (χ2v) is 13.8. The van der Waals surface area contributed by atoms with E-state index in [0.717, 1.165) is 0 Å². The van der Waals surface area contributed by atoms with E-state index in [1.54, 1.807) is 0 Å². The Labute approximate surface area is 100 Å². The van der Waals surface area contributed by atoms with Gasteiger partial charge in [0.15, 0.2) is 0 Å². The van der Waals surface area contributed by atoms with E-state index in [1.807, 2.05) is 0 Å². The molecule has 0 radical (unpaired) electrons. The monoisotopic (exact) mass is 320 g/mol. The zero-order valence-corrected chi connectivity index (χ0v) is 11.2. The molecule has 0 N–H and O–H groups in total. The molecule has 0 spiro atoms. The van der Waals surface area contributed by atoms with Crippen molar-refractivity contribution < 1.29 is 0 Å². The third-order valence-electron chi connectivity index (χ3n) is 0. The van der Waals surface area contributed by atoms with Gasteiger partial charge in [-0.3, -0.25) is 0 Å². The van der Waals surface area contributed by atoms with Crippen molar-refractivity contribution in [1.82, 2.24) is 0 Å². The number of hydrogen-bond donors (Lipinski definition) is 0. The van der Waals surface area contributed by atoms with Crippen molar-refractivity contribution in [3.8, 4) is 0 Å². The standard InChI is InChI=1S/BCl3.Cl4Si.ClH/c2-1(3)4;1-5(2,3)4;/h;;1H. The molecule has 0 aliphatic heterocycles. The predicted molar refractivity (Wildman–Crippen MR) is 59.7 cm³/mol. The zero-order chi connectivity index (χ0) is 8.08. The summed E-state index contributed by atoms with van der Waals surface area (Å²) in [5.41, 5.74) is 0. The molecule has 0 fully saturated rings. The van der Waals surface area contributed by atoms with E-state index in [9.17, 15) is 0 Å². The van der Waals surface area contributed by atoms with Gasteiger partial charge in [0.1, 0.15) is 0 Å². The molecule has 10 heteroatoms. The summed E-state index contributed by atoms with van der Waals surface area (Å²) >= 11 is 34.3. The number of halogens is 8. The smallest absolute Gasteiger partial charge is 0.150 e. The molecule has 0 aliphatic carbocycles. The van der Waals surface area contributed by atoms with Crippen molar-refractivity contribution in [3.05, 3.63) is 0 Å². The predicted octanol–water partition coefficient (Wildman–Crippen LogP) is 4.49. The van der Waals surface area contributed by atoms with Crippen LogP contribution in [0, 0.1) is 0 Å². The van der Waals surface area contributed by atoms with E-state index >= 15 is 0 Å². The van der Waals surface area contributed by atoms with Gasteiger partial charge < -0.3 is 0 Å². The minimum absolute atomic E-state index is 0. The molecule has 0 unspecified atom stereocenters. The van der Waals surface area contributed by atoms with E-state index in [-0.39, 0.29) is 12.4 Å². The fraction of sp³-hybridized carbons (Fsp3) is 0. The van der Waals surface area contributed by atoms with Gasteiger partial charge in [-0.05, 0) is 0 Å². The molecule has 0 atom stereocenters. The third kappa shape index (κ3) is 144. The van der Waals surface area contributed by atoms with Gasteiger partial charge in [0, 0.05) is 0 Å². The van der Waals surface area contributed by atoms with E-state index in [2.05, 4.69) is 0 Å². The van der Waals surface area contributed by atoms with Crippen LogP contribution in [0.2, 0.25) is 0 Å². The second kappa shape index (κ2) is 9.69. The van der Waals surface area contributed by atoms with E-state index in [1.165, 1.54) is 0 Å². The summed E-state index contributed by atoms with van der Waals surface area (Å²) in [7, 11) is 0. The maximum atomic E-state index is 4.97. The molecular weight excluding hydrogens is 323 g/mol. The number of rotatable bonds is 0. The van der Waals surface area contributed by atoms with Crippen LogP contribution < -0.4 is 0 Å². The Balaban J connectivity index is -0.0000000910. The lowest BCUT2D eigenvalue weighted by Gasteiger charge is -1.85. The molecule has 10 heavy (non-hydrogen) atoms. The van der Waals surface area contributed by atoms with Crippen LogP contribution in [0.3, 0.4) is 0 Å². The minimum Gasteiger partial charge on any atom is -0.150 e. The average molecular weight is 324 g/mol. The Morgan fingerprint density at radius 3 is 0.800 bits per heavy atom. The Kier molecular flexibility index (Phi) is 17.8. The molecule has 0 aliphatic rings. The highest BCUT2D eigenvalue weighted by atomic mass is 36.0. The Morgan fingerprint density at radius 1 is 0.800 bits per heavy atom. The molecule has 0 aromatic heterocycles. The van der Waals surface area contributed by atoms with E-state index in [0.29, 0.717) is 0 Å². The van der Waals surface area contributed by atoms with Crippen LogP contribution in [0.25, 0.3) is 0 Å². The summed E-state index contributed by atoms with van der Waals surface area (Å²) in [4.78, 5) is -0.750. The van der Waals surface area contributed by atoms with Gasteiger partial charge in [-0.2, -0.15) is 34.4 Å². The Hall–Kier alpha value is 2.60. The fourth-order valence-electron chi connectivity index (χ4n) is 0. The maximum absolute atomic E-state index is 4.97. The lowest BCUT2D eigenvalue weighted by molar-refractivity contribution is 3.80. The molecule has 0 heterocycles. The molecule has 0 aromatic rings. The summed E-state index contributed by atoms with van der Waals surface area (Å²) in [5.74, 6) is 0. The minimum atomic E-state index is -2.72. The van der Waals surface area contributed by atoms with Gasteiger partial charge in [0.25, 0.3) is 0 Å². The van der Waals surface area contributed by atoms with Gasteiger partial charge in [0.2, 0.25) is 0 Å². The molecule has 0 rings (SSSR count). The first-order valence-corrected chi connectivity index (χ1v) is 8.77. The van der Waals surface area contributed by atoms with Crippen molar-refractivity contribution in [1.29, 1.82) is 0 Å². The topological polar surface area (TPSA) is 0 Å². The van der Waals surface area contributed by atoms with Gasteiger partial charge in [-0.1, -0.05) is 0 Å². The molecule has 64 valence electrons. The Bertz CT molecular complexity index is 46.0. The molecular formula is HBCl8Si. The normalized spacial score (nSPS) is 8.70. The van der Waals surface area contributed by atoms with Crippen LogP contribution in [-0.2, 0) is 0 Å². The van der Waals surface area contributed by atoms with Crippen LogP contribution in [0.5, 0.6) is 0 Å². The van der Waals surface area contributed by atoms with E-state index in [4.69, 9.17) is 78.7 Å². The first-order chi connectivity index (χ1) is 3.73. The maximum Gasteiger partial charge on any atom is 0.450 e. The highest BCUT2D eigenvalue weighted by Crippen LogP contribution is 2.23. The molecule has 0 amide bonds. The van der Waals surface area contributed by atoms with Crippen molar-refractivity contribution in [3.63, 3.8) is 0 Å². The van der Waals surface area contributed by atoms with Gasteiger partial charge in [0.05, 0.1) is 0 Å². The highest BCUT2D eigenvalue weighted by molar-refractivity contribution is 7.81.